The summed E-state index contributed by atoms with van der Waals surface area (Å²) in [5.74, 6) is 1.89. The third-order valence-electron chi connectivity index (χ3n) is 4.80. The maximum atomic E-state index is 12.6. The Morgan fingerprint density at radius 3 is 2.57 bits per heavy atom. The van der Waals surface area contributed by atoms with E-state index in [0.29, 0.717) is 18.1 Å². The van der Waals surface area contributed by atoms with Gasteiger partial charge in [-0.3, -0.25) is 4.79 Å². The van der Waals surface area contributed by atoms with Gasteiger partial charge in [0.25, 0.3) is 5.56 Å². The van der Waals surface area contributed by atoms with Crippen molar-refractivity contribution in [1.82, 2.24) is 14.5 Å². The van der Waals surface area contributed by atoms with Gasteiger partial charge in [-0.1, -0.05) is 36.4 Å². The van der Waals surface area contributed by atoms with Crippen LogP contribution < -0.4 is 10.3 Å². The predicted octanol–water partition coefficient (Wildman–Crippen LogP) is 4.00. The summed E-state index contributed by atoms with van der Waals surface area (Å²) in [6, 6.07) is 13.5. The number of aryl methyl sites for hydroxylation is 1. The molecule has 1 aromatic carbocycles. The molecular weight excluding hydrogens is 350 g/mol. The average Bonchev–Trinajstić information content (AvgIpc) is 3.54. The van der Waals surface area contributed by atoms with Crippen molar-refractivity contribution in [1.29, 1.82) is 0 Å². The maximum Gasteiger partial charge on any atom is 0.254 e. The molecule has 0 aliphatic heterocycles. The van der Waals surface area contributed by atoms with Crippen LogP contribution in [-0.2, 0) is 13.2 Å². The van der Waals surface area contributed by atoms with Gasteiger partial charge in [-0.25, -0.2) is 9.97 Å². The molecule has 28 heavy (non-hydrogen) atoms. The summed E-state index contributed by atoms with van der Waals surface area (Å²) >= 11 is 0. The van der Waals surface area contributed by atoms with E-state index in [1.54, 1.807) is 23.0 Å². The summed E-state index contributed by atoms with van der Waals surface area (Å²) in [6.07, 6.45) is 10.4. The number of hydrogen-bond acceptors (Lipinski definition) is 4. The van der Waals surface area contributed by atoms with Crippen LogP contribution in [0, 0.1) is 12.8 Å². The molecule has 1 aliphatic carbocycles. The van der Waals surface area contributed by atoms with E-state index in [9.17, 15) is 4.79 Å². The van der Waals surface area contributed by atoms with E-state index >= 15 is 0 Å². The van der Waals surface area contributed by atoms with Gasteiger partial charge in [0.15, 0.2) is 5.82 Å². The number of pyridine rings is 1. The molecule has 4 rings (SSSR count). The van der Waals surface area contributed by atoms with Crippen molar-refractivity contribution in [2.75, 3.05) is 0 Å². The van der Waals surface area contributed by atoms with Gasteiger partial charge in [0.1, 0.15) is 12.4 Å². The molecule has 2 aromatic heterocycles. The summed E-state index contributed by atoms with van der Waals surface area (Å²) < 4.78 is 7.43. The predicted molar refractivity (Wildman–Crippen MR) is 109 cm³/mol. The number of ether oxygens (including phenoxy) is 1. The van der Waals surface area contributed by atoms with Crippen LogP contribution in [-0.4, -0.2) is 14.5 Å². The fraction of sp³-hybridized carbons (Fsp3) is 0.261. The molecule has 2 heterocycles. The van der Waals surface area contributed by atoms with Crippen molar-refractivity contribution in [3.05, 3.63) is 93.9 Å². The van der Waals surface area contributed by atoms with Crippen molar-refractivity contribution in [2.45, 2.75) is 32.9 Å². The molecule has 1 fully saturated rings. The van der Waals surface area contributed by atoms with Crippen molar-refractivity contribution in [3.63, 3.8) is 0 Å². The summed E-state index contributed by atoms with van der Waals surface area (Å²) in [7, 11) is 0. The van der Waals surface area contributed by atoms with Gasteiger partial charge < -0.3 is 9.30 Å². The number of benzene rings is 1. The Kier molecular flexibility index (Phi) is 5.33. The molecule has 0 atom stereocenters. The van der Waals surface area contributed by atoms with E-state index in [-0.39, 0.29) is 12.2 Å². The lowest BCUT2D eigenvalue weighted by atomic mass is 10.1. The van der Waals surface area contributed by atoms with Crippen LogP contribution in [0.2, 0.25) is 0 Å². The van der Waals surface area contributed by atoms with Crippen LogP contribution in [0.5, 0.6) is 5.75 Å². The highest BCUT2D eigenvalue weighted by Gasteiger charge is 2.16. The lowest BCUT2D eigenvalue weighted by Gasteiger charge is -2.12. The van der Waals surface area contributed by atoms with Gasteiger partial charge in [-0.2, -0.15) is 0 Å². The summed E-state index contributed by atoms with van der Waals surface area (Å²) in [6.45, 7) is 2.69. The average molecular weight is 373 g/mol. The highest BCUT2D eigenvalue weighted by Crippen LogP contribution is 2.30. The van der Waals surface area contributed by atoms with E-state index in [1.165, 1.54) is 24.5 Å². The fourth-order valence-electron chi connectivity index (χ4n) is 2.99. The van der Waals surface area contributed by atoms with E-state index in [1.807, 2.05) is 13.0 Å². The van der Waals surface area contributed by atoms with Crippen LogP contribution in [0.25, 0.3) is 6.08 Å². The second kappa shape index (κ2) is 8.21. The summed E-state index contributed by atoms with van der Waals surface area (Å²) in [5, 5.41) is 0. The molecule has 142 valence electrons. The topological polar surface area (TPSA) is 57.0 Å². The Bertz CT molecular complexity index is 1020. The third kappa shape index (κ3) is 4.74. The van der Waals surface area contributed by atoms with E-state index in [4.69, 9.17) is 4.74 Å². The van der Waals surface area contributed by atoms with Gasteiger partial charge in [0.2, 0.25) is 0 Å². The largest absolute Gasteiger partial charge is 0.485 e. The maximum absolute atomic E-state index is 12.6. The molecule has 0 saturated heterocycles. The zero-order chi connectivity index (χ0) is 19.3. The molecule has 0 bridgehead atoms. The van der Waals surface area contributed by atoms with Crippen LogP contribution in [0.4, 0.5) is 0 Å². The number of nitrogens with zero attached hydrogens (tertiary/aromatic N) is 3. The van der Waals surface area contributed by atoms with Crippen LogP contribution >= 0.6 is 0 Å². The first-order valence-electron chi connectivity index (χ1n) is 9.55. The zero-order valence-corrected chi connectivity index (χ0v) is 15.9. The van der Waals surface area contributed by atoms with Gasteiger partial charge in [0, 0.05) is 24.2 Å². The standard InChI is InChI=1S/C23H23N3O2/c1-17-13-21(28-16-22-24-11-2-12-25-22)14-23(27)26(17)15-20-9-7-19(8-10-20)6-5-18-3-4-18/h2,5-14,18H,3-4,15-16H2,1H3/b6-5+. The SMILES string of the molecule is Cc1cc(OCc2ncccn2)cc(=O)n1Cc1ccc(/C=C/C2CC2)cc1. The van der Waals surface area contributed by atoms with Crippen LogP contribution in [0.1, 0.15) is 35.5 Å². The molecule has 0 N–H and O–H groups in total. The van der Waals surface area contributed by atoms with Gasteiger partial charge in [-0.15, -0.1) is 0 Å². The highest BCUT2D eigenvalue weighted by atomic mass is 16.5. The minimum atomic E-state index is -0.0818. The third-order valence-corrected chi connectivity index (χ3v) is 4.80. The quantitative estimate of drug-likeness (QED) is 0.628. The normalized spacial score (nSPS) is 13.8. The Morgan fingerprint density at radius 1 is 1.14 bits per heavy atom. The Balaban J connectivity index is 1.43. The van der Waals surface area contributed by atoms with Crippen molar-refractivity contribution < 1.29 is 4.74 Å². The Hall–Kier alpha value is -3.21. The molecule has 1 aliphatic rings. The highest BCUT2D eigenvalue weighted by molar-refractivity contribution is 5.50. The molecule has 5 nitrogen and oxygen atoms in total. The molecule has 0 spiro atoms. The van der Waals surface area contributed by atoms with Gasteiger partial charge >= 0.3 is 0 Å². The second-order valence-electron chi connectivity index (χ2n) is 7.15. The molecule has 3 aromatic rings. The van der Waals surface area contributed by atoms with E-state index in [0.717, 1.165) is 17.2 Å². The van der Waals surface area contributed by atoms with Gasteiger partial charge in [0.05, 0.1) is 6.54 Å². The van der Waals surface area contributed by atoms with Crippen molar-refractivity contribution in [2.24, 2.45) is 5.92 Å². The van der Waals surface area contributed by atoms with Crippen molar-refractivity contribution in [3.8, 4) is 5.75 Å². The van der Waals surface area contributed by atoms with Crippen LogP contribution in [0.3, 0.4) is 0 Å². The monoisotopic (exact) mass is 373 g/mol. The smallest absolute Gasteiger partial charge is 0.254 e. The number of allylic oxidation sites excluding steroid dienone is 1. The van der Waals surface area contributed by atoms with E-state index < -0.39 is 0 Å². The lowest BCUT2D eigenvalue weighted by molar-refractivity contribution is 0.294. The summed E-state index contributed by atoms with van der Waals surface area (Å²) in [4.78, 5) is 20.8. The van der Waals surface area contributed by atoms with Crippen LogP contribution in [0.15, 0.2) is 65.7 Å². The first kappa shape index (κ1) is 18.2. The molecule has 1 saturated carbocycles. The molecule has 0 radical (unpaired) electrons. The first-order valence-corrected chi connectivity index (χ1v) is 9.55. The second-order valence-corrected chi connectivity index (χ2v) is 7.15. The lowest BCUT2D eigenvalue weighted by Crippen LogP contribution is -2.22. The van der Waals surface area contributed by atoms with Gasteiger partial charge in [-0.05, 0) is 48.9 Å². The number of aromatic nitrogens is 3. The van der Waals surface area contributed by atoms with E-state index in [2.05, 4.69) is 46.4 Å². The summed E-state index contributed by atoms with van der Waals surface area (Å²) in [5.41, 5.74) is 3.07. The first-order chi connectivity index (χ1) is 13.7. The molecule has 5 heteroatoms. The molecule has 0 amide bonds. The minimum absolute atomic E-state index is 0.0818. The number of hydrogen-bond donors (Lipinski definition) is 0. The molecular formula is C23H23N3O2. The van der Waals surface area contributed by atoms with Crippen molar-refractivity contribution >= 4 is 6.08 Å². The Morgan fingerprint density at radius 2 is 1.89 bits per heavy atom. The minimum Gasteiger partial charge on any atom is -0.485 e. The fourth-order valence-corrected chi connectivity index (χ4v) is 2.99. The molecule has 0 unspecified atom stereocenters. The zero-order valence-electron chi connectivity index (χ0n) is 15.9. The number of rotatable bonds is 7. The Labute approximate surface area is 164 Å².